The Kier molecular flexibility index (Phi) is 3.75. The molecule has 1 saturated heterocycles. The van der Waals surface area contributed by atoms with E-state index in [1.807, 2.05) is 4.90 Å². The molecule has 1 heterocycles. The van der Waals surface area contributed by atoms with E-state index in [0.29, 0.717) is 12.1 Å². The number of hydrogen-bond donors (Lipinski definition) is 2. The molecule has 0 atom stereocenters. The van der Waals surface area contributed by atoms with Crippen molar-refractivity contribution >= 4 is 5.96 Å². The van der Waals surface area contributed by atoms with Gasteiger partial charge in [-0.25, -0.2) is 0 Å². The molecule has 1 aliphatic heterocycles. The Bertz CT molecular complexity index is 194. The van der Waals surface area contributed by atoms with Crippen LogP contribution in [0.25, 0.3) is 0 Å². The summed E-state index contributed by atoms with van der Waals surface area (Å²) in [5, 5.41) is 7.34. The van der Waals surface area contributed by atoms with Crippen LogP contribution in [0.3, 0.4) is 0 Å². The molecule has 0 aromatic carbocycles. The van der Waals surface area contributed by atoms with Crippen LogP contribution >= 0.6 is 0 Å². The third-order valence-corrected chi connectivity index (χ3v) is 3.20. The van der Waals surface area contributed by atoms with Crippen molar-refractivity contribution in [2.24, 2.45) is 5.73 Å². The molecule has 0 radical (unpaired) electrons. The van der Waals surface area contributed by atoms with E-state index in [-0.39, 0.29) is 5.96 Å². The number of rotatable bonds is 2. The van der Waals surface area contributed by atoms with Crippen LogP contribution in [0.4, 0.5) is 0 Å². The normalized spacial score (nSPS) is 19.4. The van der Waals surface area contributed by atoms with Crippen molar-refractivity contribution in [1.29, 1.82) is 5.41 Å². The molecule has 3 N–H and O–H groups in total. The Balaban J connectivity index is 2.39. The molecule has 0 bridgehead atoms. The predicted octanol–water partition coefficient (Wildman–Crippen LogP) is 0.684. The molecule has 1 fully saturated rings. The number of guanidine groups is 1. The second-order valence-corrected chi connectivity index (χ2v) is 4.36. The monoisotopic (exact) mass is 198 g/mol. The Labute approximate surface area is 86.6 Å². The lowest BCUT2D eigenvalue weighted by atomic mass is 10.0. The van der Waals surface area contributed by atoms with Gasteiger partial charge in [0.2, 0.25) is 0 Å². The van der Waals surface area contributed by atoms with Gasteiger partial charge in [0.1, 0.15) is 0 Å². The molecule has 0 aliphatic carbocycles. The molecular weight excluding hydrogens is 176 g/mol. The Morgan fingerprint density at radius 3 is 2.29 bits per heavy atom. The zero-order valence-electron chi connectivity index (χ0n) is 9.45. The fourth-order valence-corrected chi connectivity index (χ4v) is 1.94. The lowest BCUT2D eigenvalue weighted by molar-refractivity contribution is 0.134. The molecule has 82 valence electrons. The summed E-state index contributed by atoms with van der Waals surface area (Å²) in [6, 6.07) is 1.26. The van der Waals surface area contributed by atoms with Gasteiger partial charge in [0, 0.05) is 25.2 Å². The Morgan fingerprint density at radius 1 is 1.43 bits per heavy atom. The van der Waals surface area contributed by atoms with Crippen LogP contribution in [0.2, 0.25) is 0 Å². The zero-order valence-corrected chi connectivity index (χ0v) is 9.45. The molecule has 14 heavy (non-hydrogen) atoms. The van der Waals surface area contributed by atoms with Crippen LogP contribution in [-0.2, 0) is 0 Å². The molecule has 4 heteroatoms. The Hall–Kier alpha value is -0.770. The van der Waals surface area contributed by atoms with Crippen molar-refractivity contribution in [3.8, 4) is 0 Å². The molecule has 0 unspecified atom stereocenters. The number of hydrogen-bond acceptors (Lipinski definition) is 2. The van der Waals surface area contributed by atoms with Crippen molar-refractivity contribution in [1.82, 2.24) is 9.80 Å². The smallest absolute Gasteiger partial charge is 0.188 e. The summed E-state index contributed by atoms with van der Waals surface area (Å²) >= 11 is 0. The molecular formula is C10H22N4. The molecule has 0 saturated carbocycles. The highest BCUT2D eigenvalue weighted by atomic mass is 15.3. The molecule has 0 amide bonds. The van der Waals surface area contributed by atoms with Gasteiger partial charge in [-0.2, -0.15) is 0 Å². The second kappa shape index (κ2) is 4.64. The number of piperidine rings is 1. The minimum Gasteiger partial charge on any atom is -0.370 e. The first-order valence-electron chi connectivity index (χ1n) is 5.33. The van der Waals surface area contributed by atoms with Crippen LogP contribution in [0, 0.1) is 5.41 Å². The lowest BCUT2D eigenvalue weighted by Crippen LogP contribution is -2.49. The molecule has 1 aliphatic rings. The van der Waals surface area contributed by atoms with Gasteiger partial charge >= 0.3 is 0 Å². The zero-order chi connectivity index (χ0) is 10.7. The van der Waals surface area contributed by atoms with Crippen molar-refractivity contribution in [2.45, 2.75) is 38.8 Å². The van der Waals surface area contributed by atoms with E-state index in [1.54, 1.807) is 0 Å². The SMILES string of the molecule is CC(C)N(C)C1CCN(C(=N)N)CC1. The summed E-state index contributed by atoms with van der Waals surface area (Å²) < 4.78 is 0. The van der Waals surface area contributed by atoms with Gasteiger partial charge in [-0.1, -0.05) is 0 Å². The maximum Gasteiger partial charge on any atom is 0.188 e. The number of likely N-dealkylation sites (tertiary alicyclic amines) is 1. The fourth-order valence-electron chi connectivity index (χ4n) is 1.94. The summed E-state index contributed by atoms with van der Waals surface area (Å²) in [6.07, 6.45) is 2.24. The topological polar surface area (TPSA) is 56.4 Å². The molecule has 0 aromatic rings. The van der Waals surface area contributed by atoms with Crippen LogP contribution < -0.4 is 5.73 Å². The van der Waals surface area contributed by atoms with E-state index in [9.17, 15) is 0 Å². The van der Waals surface area contributed by atoms with E-state index in [4.69, 9.17) is 11.1 Å². The van der Waals surface area contributed by atoms with Crippen molar-refractivity contribution in [3.63, 3.8) is 0 Å². The highest BCUT2D eigenvalue weighted by Crippen LogP contribution is 2.16. The predicted molar refractivity (Wildman–Crippen MR) is 59.4 cm³/mol. The highest BCUT2D eigenvalue weighted by Gasteiger charge is 2.23. The van der Waals surface area contributed by atoms with Crippen LogP contribution in [0.1, 0.15) is 26.7 Å². The van der Waals surface area contributed by atoms with Gasteiger partial charge in [0.25, 0.3) is 0 Å². The average molecular weight is 198 g/mol. The minimum atomic E-state index is 0.218. The summed E-state index contributed by atoms with van der Waals surface area (Å²) in [4.78, 5) is 4.36. The molecule has 1 rings (SSSR count). The quantitative estimate of drug-likeness (QED) is 0.507. The van der Waals surface area contributed by atoms with Gasteiger partial charge in [0.05, 0.1) is 0 Å². The standard InChI is InChI=1S/C10H22N4/c1-8(2)13(3)9-4-6-14(7-5-9)10(11)12/h8-9H,4-7H2,1-3H3,(H3,11,12). The van der Waals surface area contributed by atoms with Gasteiger partial charge in [-0.15, -0.1) is 0 Å². The minimum absolute atomic E-state index is 0.218. The third-order valence-electron chi connectivity index (χ3n) is 3.20. The van der Waals surface area contributed by atoms with E-state index in [1.165, 1.54) is 0 Å². The summed E-state index contributed by atoms with van der Waals surface area (Å²) in [5.41, 5.74) is 5.44. The first kappa shape index (κ1) is 11.3. The second-order valence-electron chi connectivity index (χ2n) is 4.36. The van der Waals surface area contributed by atoms with Crippen LogP contribution in [-0.4, -0.2) is 48.0 Å². The van der Waals surface area contributed by atoms with Gasteiger partial charge in [-0.05, 0) is 33.7 Å². The maximum absolute atomic E-state index is 7.34. The largest absolute Gasteiger partial charge is 0.370 e. The average Bonchev–Trinajstić information content (AvgIpc) is 2.16. The molecule has 0 aromatic heterocycles. The van der Waals surface area contributed by atoms with E-state index < -0.39 is 0 Å². The summed E-state index contributed by atoms with van der Waals surface area (Å²) in [7, 11) is 2.18. The van der Waals surface area contributed by atoms with E-state index in [2.05, 4.69) is 25.8 Å². The summed E-state index contributed by atoms with van der Waals surface area (Å²) in [6.45, 7) is 6.29. The maximum atomic E-state index is 7.34. The van der Waals surface area contributed by atoms with Crippen LogP contribution in [0.5, 0.6) is 0 Å². The van der Waals surface area contributed by atoms with Gasteiger partial charge in [0.15, 0.2) is 5.96 Å². The third kappa shape index (κ3) is 2.61. The number of nitrogens with one attached hydrogen (secondary N) is 1. The van der Waals surface area contributed by atoms with E-state index in [0.717, 1.165) is 25.9 Å². The first-order valence-corrected chi connectivity index (χ1v) is 5.33. The number of nitrogens with two attached hydrogens (primary N) is 1. The molecule has 4 nitrogen and oxygen atoms in total. The Morgan fingerprint density at radius 2 is 1.93 bits per heavy atom. The van der Waals surface area contributed by atoms with Gasteiger partial charge < -0.3 is 15.5 Å². The summed E-state index contributed by atoms with van der Waals surface area (Å²) in [5.74, 6) is 0.218. The van der Waals surface area contributed by atoms with E-state index >= 15 is 0 Å². The van der Waals surface area contributed by atoms with Crippen LogP contribution in [0.15, 0.2) is 0 Å². The first-order chi connectivity index (χ1) is 6.52. The van der Waals surface area contributed by atoms with Crippen molar-refractivity contribution in [2.75, 3.05) is 20.1 Å². The van der Waals surface area contributed by atoms with Crippen molar-refractivity contribution in [3.05, 3.63) is 0 Å². The lowest BCUT2D eigenvalue weighted by Gasteiger charge is -2.38. The molecule has 0 spiro atoms. The number of nitrogens with zero attached hydrogens (tertiary/aromatic N) is 2. The fraction of sp³-hybridized carbons (Fsp3) is 0.900. The van der Waals surface area contributed by atoms with Crippen molar-refractivity contribution < 1.29 is 0 Å². The highest BCUT2D eigenvalue weighted by molar-refractivity contribution is 5.74. The van der Waals surface area contributed by atoms with Gasteiger partial charge in [-0.3, -0.25) is 5.41 Å².